The van der Waals surface area contributed by atoms with Gasteiger partial charge in [0.25, 0.3) is 0 Å². The number of likely N-dealkylation sites (N-methyl/N-ethyl adjacent to an activating group) is 1. The molecule has 0 saturated carbocycles. The Labute approximate surface area is 166 Å². The summed E-state index contributed by atoms with van der Waals surface area (Å²) in [7, 11) is 3.83. The van der Waals surface area contributed by atoms with Crippen molar-refractivity contribution in [3.63, 3.8) is 0 Å². The van der Waals surface area contributed by atoms with E-state index in [-0.39, 0.29) is 11.8 Å². The predicted octanol–water partition coefficient (Wildman–Crippen LogP) is 3.13. The molecule has 27 heavy (non-hydrogen) atoms. The van der Waals surface area contributed by atoms with Crippen molar-refractivity contribution in [2.24, 2.45) is 5.92 Å². The lowest BCUT2D eigenvalue weighted by Gasteiger charge is -2.15. The molecule has 1 amide bonds. The second kappa shape index (κ2) is 10.7. The molecular formula is C21H26N2O3S. The number of hydrogen-bond acceptors (Lipinski definition) is 5. The van der Waals surface area contributed by atoms with Crippen LogP contribution in [0.2, 0.25) is 0 Å². The number of anilines is 1. The number of nitrogens with one attached hydrogen (secondary N) is 1. The fourth-order valence-electron chi connectivity index (χ4n) is 2.51. The van der Waals surface area contributed by atoms with Crippen LogP contribution in [0.3, 0.4) is 0 Å². The molecule has 0 bridgehead atoms. The van der Waals surface area contributed by atoms with E-state index >= 15 is 0 Å². The molecule has 1 atom stereocenters. The molecule has 144 valence electrons. The maximum atomic E-state index is 12.6. The largest absolute Gasteiger partial charge is 0.461 e. The van der Waals surface area contributed by atoms with Gasteiger partial charge in [-0.1, -0.05) is 36.4 Å². The molecule has 0 saturated heterocycles. The van der Waals surface area contributed by atoms with E-state index < -0.39 is 5.97 Å². The molecule has 2 rings (SSSR count). The Morgan fingerprint density at radius 1 is 1.11 bits per heavy atom. The molecule has 1 unspecified atom stereocenters. The third kappa shape index (κ3) is 7.07. The third-order valence-corrected chi connectivity index (χ3v) is 4.49. The van der Waals surface area contributed by atoms with Crippen LogP contribution in [0.25, 0.3) is 0 Å². The van der Waals surface area contributed by atoms with E-state index in [2.05, 4.69) is 17.9 Å². The molecule has 0 aliphatic rings. The monoisotopic (exact) mass is 386 g/mol. The SMILES string of the molecule is CN(C)CCOC(=O)c1cccc(NC(=O)C(CS)Cc2ccccc2)c1. The zero-order valence-corrected chi connectivity index (χ0v) is 16.6. The molecule has 6 heteroatoms. The Morgan fingerprint density at radius 2 is 1.85 bits per heavy atom. The first kappa shape index (κ1) is 21.0. The van der Waals surface area contributed by atoms with E-state index in [0.717, 1.165) is 5.56 Å². The number of carbonyl (C=O) groups excluding carboxylic acids is 2. The van der Waals surface area contributed by atoms with Gasteiger partial charge in [0, 0.05) is 18.0 Å². The minimum Gasteiger partial charge on any atom is -0.461 e. The summed E-state index contributed by atoms with van der Waals surface area (Å²) >= 11 is 4.32. The Morgan fingerprint density at radius 3 is 2.52 bits per heavy atom. The van der Waals surface area contributed by atoms with Crippen molar-refractivity contribution in [3.8, 4) is 0 Å². The number of hydrogen-bond donors (Lipinski definition) is 2. The van der Waals surface area contributed by atoms with Gasteiger partial charge in [-0.3, -0.25) is 4.79 Å². The van der Waals surface area contributed by atoms with Crippen molar-refractivity contribution in [2.75, 3.05) is 38.3 Å². The van der Waals surface area contributed by atoms with E-state index in [1.54, 1.807) is 24.3 Å². The van der Waals surface area contributed by atoms with E-state index in [1.807, 2.05) is 49.3 Å². The fraction of sp³-hybridized carbons (Fsp3) is 0.333. The first-order valence-corrected chi connectivity index (χ1v) is 9.50. The summed E-state index contributed by atoms with van der Waals surface area (Å²) in [6, 6.07) is 16.6. The molecule has 0 fully saturated rings. The quantitative estimate of drug-likeness (QED) is 0.514. The summed E-state index contributed by atoms with van der Waals surface area (Å²) in [6.07, 6.45) is 0.614. The molecule has 0 aromatic heterocycles. The van der Waals surface area contributed by atoms with Crippen LogP contribution < -0.4 is 5.32 Å². The number of amides is 1. The number of thiol groups is 1. The second-order valence-electron chi connectivity index (χ2n) is 6.58. The lowest BCUT2D eigenvalue weighted by molar-refractivity contribution is -0.119. The Balaban J connectivity index is 1.97. The van der Waals surface area contributed by atoms with Gasteiger partial charge in [0.1, 0.15) is 6.61 Å². The standard InChI is InChI=1S/C21H26N2O3S/c1-23(2)11-12-26-21(25)17-9-6-10-19(14-17)22-20(24)18(15-27)13-16-7-4-3-5-8-16/h3-10,14,18,27H,11-13,15H2,1-2H3,(H,22,24). The van der Waals surface area contributed by atoms with Crippen molar-refractivity contribution in [3.05, 3.63) is 65.7 Å². The zero-order chi connectivity index (χ0) is 19.6. The number of nitrogens with zero attached hydrogens (tertiary/aromatic N) is 1. The molecule has 0 aliphatic carbocycles. The highest BCUT2D eigenvalue weighted by Crippen LogP contribution is 2.16. The summed E-state index contributed by atoms with van der Waals surface area (Å²) < 4.78 is 5.24. The molecule has 0 aliphatic heterocycles. The molecule has 2 aromatic carbocycles. The normalized spacial score (nSPS) is 11.9. The highest BCUT2D eigenvalue weighted by atomic mass is 32.1. The number of carbonyl (C=O) groups is 2. The van der Waals surface area contributed by atoms with Crippen molar-refractivity contribution < 1.29 is 14.3 Å². The molecule has 0 heterocycles. The summed E-state index contributed by atoms with van der Waals surface area (Å²) in [4.78, 5) is 26.7. The predicted molar refractivity (Wildman–Crippen MR) is 111 cm³/mol. The van der Waals surface area contributed by atoms with Crippen molar-refractivity contribution >= 4 is 30.2 Å². The van der Waals surface area contributed by atoms with Gasteiger partial charge in [0.15, 0.2) is 0 Å². The Hall–Kier alpha value is -2.31. The molecule has 5 nitrogen and oxygen atoms in total. The molecule has 1 N–H and O–H groups in total. The Bertz CT molecular complexity index is 750. The molecule has 2 aromatic rings. The highest BCUT2D eigenvalue weighted by Gasteiger charge is 2.18. The van der Waals surface area contributed by atoms with Crippen LogP contribution >= 0.6 is 12.6 Å². The minimum absolute atomic E-state index is 0.119. The van der Waals surface area contributed by atoms with Gasteiger partial charge in [0.05, 0.1) is 11.5 Å². The molecular weight excluding hydrogens is 360 g/mol. The number of rotatable bonds is 9. The van der Waals surface area contributed by atoms with Crippen LogP contribution in [0, 0.1) is 5.92 Å². The average Bonchev–Trinajstić information content (AvgIpc) is 2.66. The molecule has 0 radical (unpaired) electrons. The van der Waals surface area contributed by atoms with Crippen LogP contribution in [0.4, 0.5) is 5.69 Å². The van der Waals surface area contributed by atoms with Gasteiger partial charge in [0.2, 0.25) is 5.91 Å². The summed E-state index contributed by atoms with van der Waals surface area (Å²) in [5.41, 5.74) is 2.07. The zero-order valence-electron chi connectivity index (χ0n) is 15.7. The Kier molecular flexibility index (Phi) is 8.36. The van der Waals surface area contributed by atoms with Crippen LogP contribution in [0.15, 0.2) is 54.6 Å². The van der Waals surface area contributed by atoms with Crippen LogP contribution in [0.5, 0.6) is 0 Å². The number of esters is 1. The summed E-state index contributed by atoms with van der Waals surface area (Å²) in [6.45, 7) is 0.979. The first-order chi connectivity index (χ1) is 13.0. The maximum Gasteiger partial charge on any atom is 0.338 e. The number of benzene rings is 2. The first-order valence-electron chi connectivity index (χ1n) is 8.87. The maximum absolute atomic E-state index is 12.6. The van der Waals surface area contributed by atoms with Crippen molar-refractivity contribution in [1.82, 2.24) is 4.90 Å². The topological polar surface area (TPSA) is 58.6 Å². The van der Waals surface area contributed by atoms with Crippen molar-refractivity contribution in [2.45, 2.75) is 6.42 Å². The van der Waals surface area contributed by atoms with Gasteiger partial charge < -0.3 is 15.0 Å². The number of ether oxygens (including phenoxy) is 1. The third-order valence-electron chi connectivity index (χ3n) is 4.05. The molecule has 0 spiro atoms. The lowest BCUT2D eigenvalue weighted by Crippen LogP contribution is -2.26. The van der Waals surface area contributed by atoms with Gasteiger partial charge in [-0.25, -0.2) is 4.79 Å². The fourth-order valence-corrected chi connectivity index (χ4v) is 2.81. The van der Waals surface area contributed by atoms with E-state index in [0.29, 0.717) is 36.6 Å². The average molecular weight is 387 g/mol. The van der Waals surface area contributed by atoms with E-state index in [1.165, 1.54) is 0 Å². The van der Waals surface area contributed by atoms with Gasteiger partial charge in [-0.2, -0.15) is 12.6 Å². The second-order valence-corrected chi connectivity index (χ2v) is 6.94. The van der Waals surface area contributed by atoms with Crippen LogP contribution in [-0.4, -0.2) is 49.8 Å². The van der Waals surface area contributed by atoms with Gasteiger partial charge in [-0.15, -0.1) is 0 Å². The lowest BCUT2D eigenvalue weighted by atomic mass is 10.00. The minimum atomic E-state index is -0.400. The van der Waals surface area contributed by atoms with Gasteiger partial charge in [-0.05, 0) is 44.3 Å². The smallest absolute Gasteiger partial charge is 0.338 e. The van der Waals surface area contributed by atoms with E-state index in [4.69, 9.17) is 4.74 Å². The van der Waals surface area contributed by atoms with Gasteiger partial charge >= 0.3 is 5.97 Å². The summed E-state index contributed by atoms with van der Waals surface area (Å²) in [5.74, 6) is -0.339. The van der Waals surface area contributed by atoms with Crippen LogP contribution in [0.1, 0.15) is 15.9 Å². The van der Waals surface area contributed by atoms with Crippen molar-refractivity contribution in [1.29, 1.82) is 0 Å². The van der Waals surface area contributed by atoms with Crippen LogP contribution in [-0.2, 0) is 16.0 Å². The summed E-state index contributed by atoms with van der Waals surface area (Å²) in [5, 5.41) is 2.88. The van der Waals surface area contributed by atoms with E-state index in [9.17, 15) is 9.59 Å². The highest BCUT2D eigenvalue weighted by molar-refractivity contribution is 7.80.